The predicted octanol–water partition coefficient (Wildman–Crippen LogP) is 1.82. The van der Waals surface area contributed by atoms with Crippen LogP contribution in [0, 0.1) is 6.92 Å². The van der Waals surface area contributed by atoms with E-state index in [1.54, 1.807) is 0 Å². The third kappa shape index (κ3) is 8.95. The van der Waals surface area contributed by atoms with Crippen molar-refractivity contribution in [2.24, 2.45) is 0 Å². The van der Waals surface area contributed by atoms with Crippen molar-refractivity contribution in [1.29, 1.82) is 0 Å². The lowest BCUT2D eigenvalue weighted by Crippen LogP contribution is -2.21. The minimum Gasteiger partial charge on any atom is -0.492 e. The molecule has 0 spiro atoms. The van der Waals surface area contributed by atoms with E-state index in [-0.39, 0.29) is 0 Å². The fourth-order valence-corrected chi connectivity index (χ4v) is 2.04. The summed E-state index contributed by atoms with van der Waals surface area (Å²) in [6.45, 7) is 6.51. The highest BCUT2D eigenvalue weighted by atomic mass is 16.5. The Hall–Kier alpha value is -1.50. The highest BCUT2D eigenvalue weighted by molar-refractivity contribution is 5.49. The molecule has 0 aliphatic rings. The molecule has 0 N–H and O–H groups in total. The van der Waals surface area contributed by atoms with Crippen molar-refractivity contribution >= 4 is 0 Å². The normalized spacial score (nSPS) is 11.4. The van der Waals surface area contributed by atoms with Crippen LogP contribution in [-0.2, 0) is 0 Å². The number of hydrogen-bond acceptors (Lipinski definition) is 6. The standard InChI is InChI=1S/C19H35N3O3/c1-16-18(24-12-9-21(4)5)14-17(23-11-8-20(2)3)15-19(16)25-13-10-22(6)7/h14-15H,8-13H2,1-7H3. The van der Waals surface area contributed by atoms with Gasteiger partial charge in [0.05, 0.1) is 0 Å². The zero-order valence-electron chi connectivity index (χ0n) is 17.0. The lowest BCUT2D eigenvalue weighted by atomic mass is 10.2. The molecule has 6 nitrogen and oxygen atoms in total. The van der Waals surface area contributed by atoms with Crippen LogP contribution in [0.15, 0.2) is 12.1 Å². The molecule has 0 atom stereocenters. The summed E-state index contributed by atoms with van der Waals surface area (Å²) < 4.78 is 17.8. The van der Waals surface area contributed by atoms with Crippen molar-refractivity contribution in [3.8, 4) is 17.2 Å². The lowest BCUT2D eigenvalue weighted by Gasteiger charge is -2.19. The molecule has 144 valence electrons. The molecule has 0 saturated carbocycles. The average molecular weight is 354 g/mol. The van der Waals surface area contributed by atoms with Gasteiger partial charge in [-0.25, -0.2) is 0 Å². The molecular weight excluding hydrogens is 318 g/mol. The van der Waals surface area contributed by atoms with E-state index in [1.807, 2.05) is 61.3 Å². The highest BCUT2D eigenvalue weighted by Crippen LogP contribution is 2.33. The minimum absolute atomic E-state index is 0.629. The maximum atomic E-state index is 5.96. The zero-order chi connectivity index (χ0) is 18.8. The molecule has 0 radical (unpaired) electrons. The van der Waals surface area contributed by atoms with Crippen LogP contribution in [0.3, 0.4) is 0 Å². The molecule has 1 aromatic rings. The monoisotopic (exact) mass is 353 g/mol. The molecule has 0 unspecified atom stereocenters. The molecule has 0 aliphatic carbocycles. The summed E-state index contributed by atoms with van der Waals surface area (Å²) in [5.41, 5.74) is 1.01. The van der Waals surface area contributed by atoms with E-state index in [2.05, 4.69) is 14.7 Å². The first kappa shape index (κ1) is 21.5. The number of ether oxygens (including phenoxy) is 3. The molecule has 1 rings (SSSR count). The Bertz CT molecular complexity index is 470. The molecule has 0 amide bonds. The third-order valence-corrected chi connectivity index (χ3v) is 3.69. The first-order chi connectivity index (χ1) is 11.8. The van der Waals surface area contributed by atoms with E-state index in [4.69, 9.17) is 14.2 Å². The molecule has 0 aliphatic heterocycles. The average Bonchev–Trinajstić information content (AvgIpc) is 2.50. The molecule has 6 heteroatoms. The largest absolute Gasteiger partial charge is 0.492 e. The van der Waals surface area contributed by atoms with Gasteiger partial charge in [0.2, 0.25) is 0 Å². The van der Waals surface area contributed by atoms with Crippen LogP contribution in [0.2, 0.25) is 0 Å². The Morgan fingerprint density at radius 2 is 1.00 bits per heavy atom. The summed E-state index contributed by atoms with van der Waals surface area (Å²) in [4.78, 5) is 6.29. The van der Waals surface area contributed by atoms with E-state index >= 15 is 0 Å². The van der Waals surface area contributed by atoms with Crippen molar-refractivity contribution in [2.75, 3.05) is 81.7 Å². The second-order valence-electron chi connectivity index (χ2n) is 7.00. The van der Waals surface area contributed by atoms with Crippen molar-refractivity contribution in [3.63, 3.8) is 0 Å². The fourth-order valence-electron chi connectivity index (χ4n) is 2.04. The number of hydrogen-bond donors (Lipinski definition) is 0. The van der Waals surface area contributed by atoms with Crippen molar-refractivity contribution < 1.29 is 14.2 Å². The van der Waals surface area contributed by atoms with E-state index in [0.717, 1.165) is 42.4 Å². The topological polar surface area (TPSA) is 37.4 Å². The maximum Gasteiger partial charge on any atom is 0.129 e. The van der Waals surface area contributed by atoms with Gasteiger partial charge in [-0.3, -0.25) is 0 Å². The summed E-state index contributed by atoms with van der Waals surface area (Å²) in [5.74, 6) is 2.43. The molecule has 0 aromatic heterocycles. The predicted molar refractivity (Wildman–Crippen MR) is 103 cm³/mol. The summed E-state index contributed by atoms with van der Waals surface area (Å²) in [6, 6.07) is 3.92. The highest BCUT2D eigenvalue weighted by Gasteiger charge is 2.11. The molecule has 1 aromatic carbocycles. The quantitative estimate of drug-likeness (QED) is 0.571. The van der Waals surface area contributed by atoms with Gasteiger partial charge in [0, 0.05) is 37.3 Å². The van der Waals surface area contributed by atoms with Gasteiger partial charge in [-0.2, -0.15) is 0 Å². The molecular formula is C19H35N3O3. The molecule has 0 fully saturated rings. The van der Waals surface area contributed by atoms with Gasteiger partial charge in [-0.1, -0.05) is 0 Å². The summed E-state index contributed by atoms with van der Waals surface area (Å²) in [7, 11) is 12.2. The Balaban J connectivity index is 2.83. The lowest BCUT2D eigenvalue weighted by molar-refractivity contribution is 0.239. The zero-order valence-corrected chi connectivity index (χ0v) is 17.0. The summed E-state index contributed by atoms with van der Waals surface area (Å²) in [5, 5.41) is 0. The number of benzene rings is 1. The van der Waals surface area contributed by atoms with Crippen molar-refractivity contribution in [2.45, 2.75) is 6.92 Å². The van der Waals surface area contributed by atoms with Gasteiger partial charge < -0.3 is 28.9 Å². The fraction of sp³-hybridized carbons (Fsp3) is 0.684. The second-order valence-corrected chi connectivity index (χ2v) is 7.00. The first-order valence-corrected chi connectivity index (χ1v) is 8.77. The Morgan fingerprint density at radius 1 is 0.640 bits per heavy atom. The Kier molecular flexibility index (Phi) is 9.63. The van der Waals surface area contributed by atoms with Crippen molar-refractivity contribution in [3.05, 3.63) is 17.7 Å². The third-order valence-electron chi connectivity index (χ3n) is 3.69. The van der Waals surface area contributed by atoms with Crippen LogP contribution >= 0.6 is 0 Å². The minimum atomic E-state index is 0.629. The van der Waals surface area contributed by atoms with E-state index in [1.165, 1.54) is 0 Å². The van der Waals surface area contributed by atoms with Crippen LogP contribution in [0.25, 0.3) is 0 Å². The van der Waals surface area contributed by atoms with Gasteiger partial charge in [0.1, 0.15) is 37.1 Å². The molecule has 0 saturated heterocycles. The molecule has 25 heavy (non-hydrogen) atoms. The van der Waals surface area contributed by atoms with Crippen LogP contribution in [0.1, 0.15) is 5.56 Å². The Morgan fingerprint density at radius 3 is 1.36 bits per heavy atom. The van der Waals surface area contributed by atoms with Gasteiger partial charge in [0.15, 0.2) is 0 Å². The summed E-state index contributed by atoms with van der Waals surface area (Å²) >= 11 is 0. The van der Waals surface area contributed by atoms with Gasteiger partial charge >= 0.3 is 0 Å². The molecule has 0 heterocycles. The maximum absolute atomic E-state index is 5.96. The summed E-state index contributed by atoms with van der Waals surface area (Å²) in [6.07, 6.45) is 0. The van der Waals surface area contributed by atoms with Crippen LogP contribution in [0.5, 0.6) is 17.2 Å². The van der Waals surface area contributed by atoms with Crippen LogP contribution in [-0.4, -0.2) is 96.4 Å². The smallest absolute Gasteiger partial charge is 0.129 e. The van der Waals surface area contributed by atoms with E-state index in [0.29, 0.717) is 19.8 Å². The number of likely N-dealkylation sites (N-methyl/N-ethyl adjacent to an activating group) is 3. The van der Waals surface area contributed by atoms with Gasteiger partial charge in [-0.05, 0) is 49.2 Å². The molecule has 0 bridgehead atoms. The SMILES string of the molecule is Cc1c(OCCN(C)C)cc(OCCN(C)C)cc1OCCN(C)C. The van der Waals surface area contributed by atoms with Gasteiger partial charge in [-0.15, -0.1) is 0 Å². The van der Waals surface area contributed by atoms with Crippen LogP contribution in [0.4, 0.5) is 0 Å². The number of nitrogens with zero attached hydrogens (tertiary/aromatic N) is 3. The van der Waals surface area contributed by atoms with E-state index in [9.17, 15) is 0 Å². The second kappa shape index (κ2) is 11.2. The first-order valence-electron chi connectivity index (χ1n) is 8.77. The Labute approximate surface area is 153 Å². The number of rotatable bonds is 12. The van der Waals surface area contributed by atoms with Crippen LogP contribution < -0.4 is 14.2 Å². The van der Waals surface area contributed by atoms with Crippen molar-refractivity contribution in [1.82, 2.24) is 14.7 Å². The van der Waals surface area contributed by atoms with E-state index < -0.39 is 0 Å². The van der Waals surface area contributed by atoms with Gasteiger partial charge in [0.25, 0.3) is 0 Å².